The molecule has 0 aromatic heterocycles. The minimum atomic E-state index is -0.602. The van der Waals surface area contributed by atoms with Gasteiger partial charge in [0.05, 0.1) is 6.54 Å². The van der Waals surface area contributed by atoms with E-state index in [4.69, 9.17) is 0 Å². The first-order valence-electron chi connectivity index (χ1n) is 7.11. The Morgan fingerprint density at radius 2 is 1.90 bits per heavy atom. The van der Waals surface area contributed by atoms with Crippen LogP contribution in [0.15, 0.2) is 30.3 Å². The normalized spacial score (nSPS) is 21.8. The summed E-state index contributed by atoms with van der Waals surface area (Å²) in [5, 5.41) is 2.84. The number of nitrogens with zero attached hydrogens (tertiary/aromatic N) is 1. The van der Waals surface area contributed by atoms with E-state index in [1.54, 1.807) is 11.8 Å². The van der Waals surface area contributed by atoms with Crippen molar-refractivity contribution in [3.63, 3.8) is 0 Å². The maximum absolute atomic E-state index is 12.6. The number of hydrogen-bond acceptors (Lipinski definition) is 2. The molecule has 1 aromatic rings. The molecule has 2 rings (SSSR count). The summed E-state index contributed by atoms with van der Waals surface area (Å²) in [6.45, 7) is 5.85. The van der Waals surface area contributed by atoms with E-state index in [9.17, 15) is 9.59 Å². The summed E-state index contributed by atoms with van der Waals surface area (Å²) in [6, 6.07) is 8.26. The third-order valence-electron chi connectivity index (χ3n) is 3.62. The van der Waals surface area contributed by atoms with Crippen LogP contribution in [0.25, 0.3) is 0 Å². The minimum Gasteiger partial charge on any atom is -0.342 e. The second-order valence-corrected chi connectivity index (χ2v) is 5.44. The number of rotatable bonds is 3. The highest BCUT2D eigenvalue weighted by Crippen LogP contribution is 2.26. The van der Waals surface area contributed by atoms with Crippen molar-refractivity contribution in [2.24, 2.45) is 5.92 Å². The average molecular weight is 284 g/mol. The molecule has 2 amide bonds. The number of carbonyl (C=O) groups is 2. The molecule has 4 nitrogen and oxygen atoms in total. The molecule has 0 spiro atoms. The molecule has 1 saturated heterocycles. The van der Waals surface area contributed by atoms with Gasteiger partial charge in [0.2, 0.25) is 11.8 Å². The van der Waals surface area contributed by atoms with E-state index in [1.807, 2.05) is 44.2 Å². The number of nitrogens with one attached hydrogen (secondary N) is 1. The second-order valence-electron chi connectivity index (χ2n) is 5.44. The van der Waals surface area contributed by atoms with Gasteiger partial charge in [-0.25, -0.2) is 0 Å². The largest absolute Gasteiger partial charge is 0.342 e. The fourth-order valence-electron chi connectivity index (χ4n) is 2.49. The van der Waals surface area contributed by atoms with E-state index < -0.39 is 12.1 Å². The van der Waals surface area contributed by atoms with Gasteiger partial charge in [-0.1, -0.05) is 50.1 Å². The van der Waals surface area contributed by atoms with E-state index in [0.717, 1.165) is 5.56 Å². The zero-order chi connectivity index (χ0) is 15.4. The lowest BCUT2D eigenvalue weighted by atomic mass is 9.94. The van der Waals surface area contributed by atoms with Crippen molar-refractivity contribution in [3.05, 3.63) is 35.9 Å². The van der Waals surface area contributed by atoms with Gasteiger partial charge < -0.3 is 10.2 Å². The Hall–Kier alpha value is -2.28. The molecule has 1 aliphatic rings. The summed E-state index contributed by atoms with van der Waals surface area (Å²) in [6.07, 6.45) is 0. The summed E-state index contributed by atoms with van der Waals surface area (Å²) in [4.78, 5) is 26.7. The Morgan fingerprint density at radius 1 is 1.24 bits per heavy atom. The predicted octanol–water partition coefficient (Wildman–Crippen LogP) is 1.73. The molecular weight excluding hydrogens is 264 g/mol. The lowest BCUT2D eigenvalue weighted by Gasteiger charge is -2.39. The molecule has 1 heterocycles. The van der Waals surface area contributed by atoms with Crippen LogP contribution in [0.5, 0.6) is 0 Å². The van der Waals surface area contributed by atoms with Crippen LogP contribution in [0, 0.1) is 17.8 Å². The van der Waals surface area contributed by atoms with Gasteiger partial charge in [0, 0.05) is 0 Å². The summed E-state index contributed by atoms with van der Waals surface area (Å²) < 4.78 is 0. The molecule has 1 aromatic carbocycles. The maximum atomic E-state index is 12.6. The molecule has 0 saturated carbocycles. The van der Waals surface area contributed by atoms with Crippen molar-refractivity contribution in [3.8, 4) is 11.8 Å². The predicted molar refractivity (Wildman–Crippen MR) is 81.1 cm³/mol. The van der Waals surface area contributed by atoms with E-state index in [2.05, 4.69) is 17.2 Å². The molecule has 0 aliphatic carbocycles. The fraction of sp³-hybridized carbons (Fsp3) is 0.412. The summed E-state index contributed by atoms with van der Waals surface area (Å²) in [7, 11) is 0. The molecule has 21 heavy (non-hydrogen) atoms. The van der Waals surface area contributed by atoms with Crippen molar-refractivity contribution in [1.82, 2.24) is 10.2 Å². The van der Waals surface area contributed by atoms with Gasteiger partial charge in [0.25, 0.3) is 0 Å². The van der Waals surface area contributed by atoms with Crippen LogP contribution in [-0.4, -0.2) is 29.3 Å². The molecule has 4 heteroatoms. The van der Waals surface area contributed by atoms with Crippen LogP contribution in [0.3, 0.4) is 0 Å². The standard InChI is InChI=1S/C17H20N2O2/c1-4-5-11-19-15(13-9-7-6-8-10-13)16(20)18-14(12(2)3)17(19)21/h6-10,12,14-15H,11H2,1-3H3,(H,18,20). The van der Waals surface area contributed by atoms with E-state index in [0.29, 0.717) is 0 Å². The van der Waals surface area contributed by atoms with Gasteiger partial charge in [0.1, 0.15) is 12.1 Å². The van der Waals surface area contributed by atoms with Gasteiger partial charge in [-0.3, -0.25) is 9.59 Å². The van der Waals surface area contributed by atoms with Crippen molar-refractivity contribution in [2.45, 2.75) is 32.9 Å². The third kappa shape index (κ3) is 3.08. The Labute approximate surface area is 125 Å². The van der Waals surface area contributed by atoms with Crippen molar-refractivity contribution < 1.29 is 9.59 Å². The van der Waals surface area contributed by atoms with Gasteiger partial charge in [-0.2, -0.15) is 0 Å². The van der Waals surface area contributed by atoms with Gasteiger partial charge in [0.15, 0.2) is 0 Å². The Morgan fingerprint density at radius 3 is 2.48 bits per heavy atom. The van der Waals surface area contributed by atoms with Crippen LogP contribution >= 0.6 is 0 Å². The highest BCUT2D eigenvalue weighted by Gasteiger charge is 2.41. The Bertz CT molecular complexity index is 584. The molecule has 1 aliphatic heterocycles. The molecule has 2 atom stereocenters. The summed E-state index contributed by atoms with van der Waals surface area (Å²) in [5.74, 6) is 5.54. The van der Waals surface area contributed by atoms with Gasteiger partial charge in [-0.15, -0.1) is 5.92 Å². The fourth-order valence-corrected chi connectivity index (χ4v) is 2.49. The number of amides is 2. The molecule has 1 fully saturated rings. The number of piperazine rings is 1. The minimum absolute atomic E-state index is 0.0512. The molecular formula is C17H20N2O2. The lowest BCUT2D eigenvalue weighted by molar-refractivity contribution is -0.150. The topological polar surface area (TPSA) is 49.4 Å². The SMILES string of the molecule is CC#CCN1C(=O)C(C(C)C)NC(=O)C1c1ccccc1. The number of carbonyl (C=O) groups excluding carboxylic acids is 2. The molecule has 1 N–H and O–H groups in total. The van der Waals surface area contributed by atoms with Crippen molar-refractivity contribution in [1.29, 1.82) is 0 Å². The van der Waals surface area contributed by atoms with Crippen LogP contribution in [-0.2, 0) is 9.59 Å². The molecule has 0 bridgehead atoms. The van der Waals surface area contributed by atoms with Gasteiger partial charge in [-0.05, 0) is 18.4 Å². The van der Waals surface area contributed by atoms with E-state index in [-0.39, 0.29) is 24.3 Å². The van der Waals surface area contributed by atoms with Crippen LogP contribution < -0.4 is 5.32 Å². The zero-order valence-corrected chi connectivity index (χ0v) is 12.6. The van der Waals surface area contributed by atoms with E-state index >= 15 is 0 Å². The maximum Gasteiger partial charge on any atom is 0.248 e. The second kappa shape index (κ2) is 6.45. The van der Waals surface area contributed by atoms with Crippen LogP contribution in [0.1, 0.15) is 32.4 Å². The Kier molecular flexibility index (Phi) is 4.64. The van der Waals surface area contributed by atoms with Crippen molar-refractivity contribution >= 4 is 11.8 Å². The number of hydrogen-bond donors (Lipinski definition) is 1. The van der Waals surface area contributed by atoms with Crippen molar-refractivity contribution in [2.75, 3.05) is 6.54 Å². The highest BCUT2D eigenvalue weighted by atomic mass is 16.2. The molecule has 110 valence electrons. The highest BCUT2D eigenvalue weighted by molar-refractivity contribution is 5.97. The first kappa shape index (κ1) is 15.1. The Balaban J connectivity index is 2.39. The van der Waals surface area contributed by atoms with Gasteiger partial charge >= 0.3 is 0 Å². The number of benzene rings is 1. The zero-order valence-electron chi connectivity index (χ0n) is 12.6. The third-order valence-corrected chi connectivity index (χ3v) is 3.62. The molecule has 0 radical (unpaired) electrons. The first-order valence-corrected chi connectivity index (χ1v) is 7.11. The van der Waals surface area contributed by atoms with Crippen LogP contribution in [0.2, 0.25) is 0 Å². The quantitative estimate of drug-likeness (QED) is 0.859. The smallest absolute Gasteiger partial charge is 0.248 e. The van der Waals surface area contributed by atoms with E-state index in [1.165, 1.54) is 0 Å². The first-order chi connectivity index (χ1) is 10.1. The summed E-state index contributed by atoms with van der Waals surface area (Å²) >= 11 is 0. The monoisotopic (exact) mass is 284 g/mol. The lowest BCUT2D eigenvalue weighted by Crippen LogP contribution is -2.61. The van der Waals surface area contributed by atoms with Crippen LogP contribution in [0.4, 0.5) is 0 Å². The summed E-state index contributed by atoms with van der Waals surface area (Å²) in [5.41, 5.74) is 0.809. The molecule has 2 unspecified atom stereocenters. The average Bonchev–Trinajstić information content (AvgIpc) is 2.48.